The smallest absolute Gasteiger partial charge is 0.316 e. The first-order chi connectivity index (χ1) is 16.7. The molecule has 2 saturated heterocycles. The van der Waals surface area contributed by atoms with Crippen LogP contribution in [-0.4, -0.2) is 30.2 Å². The van der Waals surface area contributed by atoms with Crippen LogP contribution in [0.15, 0.2) is 54.1 Å². The Balaban J connectivity index is 1.29. The van der Waals surface area contributed by atoms with Gasteiger partial charge in [0.15, 0.2) is 0 Å². The van der Waals surface area contributed by atoms with Gasteiger partial charge < -0.3 is 9.64 Å². The van der Waals surface area contributed by atoms with Crippen LogP contribution in [0.3, 0.4) is 0 Å². The number of fused-ring (bicyclic) bond motifs is 1. The number of hydrogen-bond donors (Lipinski definition) is 0. The summed E-state index contributed by atoms with van der Waals surface area (Å²) in [7, 11) is 0. The molecule has 2 aromatic carbocycles. The number of esters is 1. The Morgan fingerprint density at radius 1 is 0.886 bits per heavy atom. The summed E-state index contributed by atoms with van der Waals surface area (Å²) in [6.45, 7) is 5.98. The number of imide groups is 1. The molecule has 0 aromatic heterocycles. The summed E-state index contributed by atoms with van der Waals surface area (Å²) in [6.07, 6.45) is 3.34. The highest BCUT2D eigenvalue weighted by molar-refractivity contribution is 6.22. The molecule has 0 saturated carbocycles. The lowest BCUT2D eigenvalue weighted by atomic mass is 9.82. The van der Waals surface area contributed by atoms with Gasteiger partial charge in [-0.2, -0.15) is 0 Å². The predicted octanol–water partition coefficient (Wildman–Crippen LogP) is 4.11. The van der Waals surface area contributed by atoms with Crippen LogP contribution in [0.5, 0.6) is 5.75 Å². The lowest BCUT2D eigenvalue weighted by Crippen LogP contribution is -2.31. The fraction of sp³-hybridized carbons (Fsp3) is 0.357. The first kappa shape index (κ1) is 23.0. The van der Waals surface area contributed by atoms with Crippen molar-refractivity contribution in [3.05, 3.63) is 65.2 Å². The van der Waals surface area contributed by atoms with E-state index in [4.69, 9.17) is 4.74 Å². The summed E-state index contributed by atoms with van der Waals surface area (Å²) in [4.78, 5) is 54.4. The summed E-state index contributed by atoms with van der Waals surface area (Å²) in [5.41, 5.74) is 4.11. The minimum Gasteiger partial charge on any atom is -0.426 e. The molecule has 3 atom stereocenters. The minimum atomic E-state index is -0.567. The number of carbonyl (C=O) groups excluding carboxylic acids is 4. The Labute approximate surface area is 204 Å². The van der Waals surface area contributed by atoms with Gasteiger partial charge in [-0.25, -0.2) is 4.90 Å². The average molecular weight is 473 g/mol. The molecule has 3 amide bonds. The van der Waals surface area contributed by atoms with Gasteiger partial charge in [0, 0.05) is 18.7 Å². The summed E-state index contributed by atoms with van der Waals surface area (Å²) < 4.78 is 5.61. The van der Waals surface area contributed by atoms with Crippen molar-refractivity contribution in [1.29, 1.82) is 0 Å². The zero-order valence-electron chi connectivity index (χ0n) is 20.1. The molecule has 0 spiro atoms. The average Bonchev–Trinajstić information content (AvgIpc) is 3.32. The Morgan fingerprint density at radius 3 is 2.37 bits per heavy atom. The molecular weight excluding hydrogens is 444 g/mol. The Morgan fingerprint density at radius 2 is 1.63 bits per heavy atom. The van der Waals surface area contributed by atoms with Gasteiger partial charge in [-0.1, -0.05) is 29.8 Å². The molecule has 0 unspecified atom stereocenters. The molecule has 35 heavy (non-hydrogen) atoms. The van der Waals surface area contributed by atoms with Crippen LogP contribution in [-0.2, 0) is 19.2 Å². The van der Waals surface area contributed by atoms with E-state index in [2.05, 4.69) is 0 Å². The van der Waals surface area contributed by atoms with Crippen molar-refractivity contribution in [1.82, 2.24) is 0 Å². The second-order valence-electron chi connectivity index (χ2n) is 9.78. The molecule has 2 aromatic rings. The van der Waals surface area contributed by atoms with Gasteiger partial charge >= 0.3 is 5.97 Å². The number of rotatable bonds is 4. The van der Waals surface area contributed by atoms with Gasteiger partial charge in [-0.3, -0.25) is 19.2 Å². The molecule has 0 N–H and O–H groups in total. The fourth-order valence-corrected chi connectivity index (χ4v) is 5.38. The van der Waals surface area contributed by atoms with E-state index < -0.39 is 11.9 Å². The van der Waals surface area contributed by atoms with Crippen molar-refractivity contribution >= 4 is 35.1 Å². The maximum absolute atomic E-state index is 13.0. The van der Waals surface area contributed by atoms with Crippen LogP contribution in [0.4, 0.5) is 11.4 Å². The number of nitrogens with zero attached hydrogens (tertiary/aromatic N) is 2. The number of carbonyl (C=O) groups is 4. The van der Waals surface area contributed by atoms with Gasteiger partial charge in [-0.05, 0) is 69.0 Å². The number of allylic oxidation sites excluding steroid dienone is 2. The number of aryl methyl sites for hydroxylation is 2. The molecule has 2 heterocycles. The second kappa shape index (κ2) is 8.80. The Bertz CT molecular complexity index is 1280. The number of benzene rings is 2. The van der Waals surface area contributed by atoms with Gasteiger partial charge in [0.2, 0.25) is 17.7 Å². The van der Waals surface area contributed by atoms with E-state index in [0.29, 0.717) is 29.8 Å². The molecule has 7 heteroatoms. The van der Waals surface area contributed by atoms with Gasteiger partial charge in [0.1, 0.15) is 5.75 Å². The highest BCUT2D eigenvalue weighted by atomic mass is 16.5. The van der Waals surface area contributed by atoms with Crippen LogP contribution >= 0.6 is 0 Å². The minimum absolute atomic E-state index is 0.0945. The number of para-hydroxylation sites is 1. The Kier molecular flexibility index (Phi) is 5.79. The molecule has 0 bridgehead atoms. The first-order valence-electron chi connectivity index (χ1n) is 12.0. The highest BCUT2D eigenvalue weighted by Gasteiger charge is 2.49. The maximum atomic E-state index is 13.0. The van der Waals surface area contributed by atoms with Crippen molar-refractivity contribution in [2.24, 2.45) is 17.8 Å². The third-order valence-corrected chi connectivity index (χ3v) is 7.32. The van der Waals surface area contributed by atoms with Gasteiger partial charge in [0.05, 0.1) is 23.4 Å². The number of hydrogen-bond acceptors (Lipinski definition) is 5. The van der Waals surface area contributed by atoms with Crippen molar-refractivity contribution in [2.75, 3.05) is 16.3 Å². The van der Waals surface area contributed by atoms with Crippen molar-refractivity contribution < 1.29 is 23.9 Å². The zero-order valence-corrected chi connectivity index (χ0v) is 20.1. The summed E-state index contributed by atoms with van der Waals surface area (Å²) in [6, 6.07) is 12.5. The molecule has 1 aliphatic carbocycles. The monoisotopic (exact) mass is 472 g/mol. The molecule has 2 aliphatic heterocycles. The molecule has 3 aliphatic rings. The van der Waals surface area contributed by atoms with E-state index in [9.17, 15) is 19.2 Å². The molecular formula is C28H28N2O5. The summed E-state index contributed by atoms with van der Waals surface area (Å²) in [5.74, 6) is -1.76. The van der Waals surface area contributed by atoms with E-state index in [1.54, 1.807) is 30.0 Å². The van der Waals surface area contributed by atoms with Crippen LogP contribution in [0, 0.1) is 31.6 Å². The quantitative estimate of drug-likeness (QED) is 0.289. The van der Waals surface area contributed by atoms with Gasteiger partial charge in [0.25, 0.3) is 0 Å². The fourth-order valence-electron chi connectivity index (χ4n) is 5.38. The van der Waals surface area contributed by atoms with Crippen molar-refractivity contribution in [3.8, 4) is 5.75 Å². The van der Waals surface area contributed by atoms with E-state index in [-0.39, 0.29) is 42.5 Å². The zero-order chi connectivity index (χ0) is 24.9. The number of ether oxygens (including phenoxy) is 1. The number of amides is 3. The molecule has 2 fully saturated rings. The molecule has 5 rings (SSSR count). The maximum Gasteiger partial charge on any atom is 0.316 e. The van der Waals surface area contributed by atoms with E-state index in [1.807, 2.05) is 44.2 Å². The van der Waals surface area contributed by atoms with E-state index in [0.717, 1.165) is 16.8 Å². The second-order valence-corrected chi connectivity index (χ2v) is 9.78. The normalized spacial score (nSPS) is 24.0. The topological polar surface area (TPSA) is 84.0 Å². The van der Waals surface area contributed by atoms with Crippen LogP contribution in [0.25, 0.3) is 0 Å². The molecule has 7 nitrogen and oxygen atoms in total. The van der Waals surface area contributed by atoms with E-state index in [1.165, 1.54) is 4.90 Å². The lowest BCUT2D eigenvalue weighted by Gasteiger charge is -2.19. The van der Waals surface area contributed by atoms with Crippen molar-refractivity contribution in [3.63, 3.8) is 0 Å². The molecule has 0 radical (unpaired) electrons. The van der Waals surface area contributed by atoms with E-state index >= 15 is 0 Å². The molecule has 180 valence electrons. The first-order valence-corrected chi connectivity index (χ1v) is 12.0. The predicted molar refractivity (Wildman–Crippen MR) is 131 cm³/mol. The highest BCUT2D eigenvalue weighted by Crippen LogP contribution is 2.41. The summed E-state index contributed by atoms with van der Waals surface area (Å²) >= 11 is 0. The standard InChI is InChI=1S/C28H28N2O5/c1-16-8-10-21-22(12-16)27(33)30(26(21)32)24-11-9-20(13-18(24)3)35-28(34)19-14-25(31)29(15-19)23-7-5-4-6-17(23)2/h4-9,11,13,19,21-22H,10,12,14-15H2,1-3H3/t19-,21-,22+/m0/s1. The summed E-state index contributed by atoms with van der Waals surface area (Å²) in [5, 5.41) is 0. The largest absolute Gasteiger partial charge is 0.426 e. The Hall–Kier alpha value is -3.74. The van der Waals surface area contributed by atoms with Gasteiger partial charge in [-0.15, -0.1) is 0 Å². The van der Waals surface area contributed by atoms with Crippen LogP contribution in [0.1, 0.15) is 37.3 Å². The third kappa shape index (κ3) is 4.05. The SMILES string of the molecule is CC1=CC[C@@H]2C(=O)N(c3ccc(OC(=O)[C@H]4CC(=O)N(c5ccccc5C)C4)cc3C)C(=O)[C@@H]2C1. The number of anilines is 2. The third-order valence-electron chi connectivity index (χ3n) is 7.32. The van der Waals surface area contributed by atoms with Crippen molar-refractivity contribution in [2.45, 2.75) is 40.0 Å². The van der Waals surface area contributed by atoms with Crippen LogP contribution in [0.2, 0.25) is 0 Å². The van der Waals surface area contributed by atoms with Crippen LogP contribution < -0.4 is 14.5 Å². The lowest BCUT2D eigenvalue weighted by molar-refractivity contribution is -0.139.